The van der Waals surface area contributed by atoms with E-state index in [4.69, 9.17) is 5.10 Å². The first kappa shape index (κ1) is 16.8. The molecule has 0 radical (unpaired) electrons. The Labute approximate surface area is 155 Å². The smallest absolute Gasteiger partial charge is 0.256 e. The lowest BCUT2D eigenvalue weighted by Crippen LogP contribution is -2.16. The monoisotopic (exact) mass is 367 g/mol. The Morgan fingerprint density at radius 2 is 1.81 bits per heavy atom. The van der Waals surface area contributed by atoms with Crippen LogP contribution < -0.4 is 5.32 Å². The van der Waals surface area contributed by atoms with Gasteiger partial charge in [-0.3, -0.25) is 4.79 Å². The van der Waals surface area contributed by atoms with Crippen molar-refractivity contribution in [3.05, 3.63) is 76.2 Å². The third kappa shape index (κ3) is 3.12. The van der Waals surface area contributed by atoms with Gasteiger partial charge >= 0.3 is 0 Å². The summed E-state index contributed by atoms with van der Waals surface area (Å²) in [4.78, 5) is 12.7. The van der Waals surface area contributed by atoms with Crippen LogP contribution in [-0.2, 0) is 11.5 Å². The molecule has 132 valence electrons. The fraction of sp³-hybridized carbons (Fsp3) is 0.200. The number of benzene rings is 2. The van der Waals surface area contributed by atoms with Crippen molar-refractivity contribution in [3.63, 3.8) is 0 Å². The normalized spacial score (nSPS) is 12.9. The van der Waals surface area contributed by atoms with Crippen molar-refractivity contribution >= 4 is 23.5 Å². The average molecular weight is 367 g/mol. The summed E-state index contributed by atoms with van der Waals surface area (Å²) < 4.78 is 14.9. The van der Waals surface area contributed by atoms with E-state index < -0.39 is 0 Å². The summed E-state index contributed by atoms with van der Waals surface area (Å²) in [6.07, 6.45) is 0. The molecule has 0 bridgehead atoms. The minimum atomic E-state index is -0.362. The molecule has 1 amide bonds. The van der Waals surface area contributed by atoms with Crippen LogP contribution in [0.4, 0.5) is 10.2 Å². The molecule has 0 aliphatic carbocycles. The average Bonchev–Trinajstić information content (AvgIpc) is 3.17. The summed E-state index contributed by atoms with van der Waals surface area (Å²) in [6.45, 7) is 4.08. The van der Waals surface area contributed by atoms with Gasteiger partial charge < -0.3 is 5.32 Å². The topological polar surface area (TPSA) is 46.9 Å². The van der Waals surface area contributed by atoms with Crippen LogP contribution in [-0.4, -0.2) is 15.7 Å². The largest absolute Gasteiger partial charge is 0.306 e. The van der Waals surface area contributed by atoms with Gasteiger partial charge in [-0.1, -0.05) is 6.07 Å². The first-order valence-corrected chi connectivity index (χ1v) is 9.51. The van der Waals surface area contributed by atoms with Gasteiger partial charge in [0.2, 0.25) is 0 Å². The molecular formula is C20H18FN3OS. The van der Waals surface area contributed by atoms with Crippen molar-refractivity contribution in [1.82, 2.24) is 9.78 Å². The van der Waals surface area contributed by atoms with Crippen LogP contribution >= 0.6 is 11.8 Å². The van der Waals surface area contributed by atoms with Gasteiger partial charge in [-0.2, -0.15) is 16.9 Å². The minimum Gasteiger partial charge on any atom is -0.306 e. The van der Waals surface area contributed by atoms with Gasteiger partial charge in [0, 0.05) is 22.6 Å². The maximum atomic E-state index is 13.1. The molecule has 0 saturated heterocycles. The van der Waals surface area contributed by atoms with Crippen molar-refractivity contribution < 1.29 is 9.18 Å². The van der Waals surface area contributed by atoms with Gasteiger partial charge in [-0.25, -0.2) is 9.07 Å². The predicted molar refractivity (Wildman–Crippen MR) is 102 cm³/mol. The molecule has 4 nitrogen and oxygen atoms in total. The van der Waals surface area contributed by atoms with Crippen molar-refractivity contribution in [2.75, 3.05) is 5.32 Å². The molecule has 2 heterocycles. The summed E-state index contributed by atoms with van der Waals surface area (Å²) in [5.74, 6) is 1.73. The van der Waals surface area contributed by atoms with E-state index in [1.165, 1.54) is 24.3 Å². The molecule has 4 rings (SSSR count). The minimum absolute atomic E-state index is 0.268. The number of thioether (sulfide) groups is 1. The summed E-state index contributed by atoms with van der Waals surface area (Å²) >= 11 is 1.78. The summed E-state index contributed by atoms with van der Waals surface area (Å²) in [5, 5.41) is 7.71. The van der Waals surface area contributed by atoms with Crippen molar-refractivity contribution in [3.8, 4) is 5.69 Å². The second-order valence-corrected chi connectivity index (χ2v) is 7.47. The molecule has 1 N–H and O–H groups in total. The second-order valence-electron chi connectivity index (χ2n) is 6.49. The molecule has 1 aromatic heterocycles. The van der Waals surface area contributed by atoms with E-state index in [2.05, 4.69) is 23.5 Å². The number of nitrogens with zero attached hydrogens (tertiary/aromatic N) is 2. The number of nitrogens with one attached hydrogen (secondary N) is 1. The molecule has 6 heteroatoms. The van der Waals surface area contributed by atoms with Crippen LogP contribution in [0.15, 0.2) is 42.5 Å². The number of fused-ring (bicyclic) bond motifs is 1. The van der Waals surface area contributed by atoms with E-state index in [9.17, 15) is 9.18 Å². The molecule has 0 spiro atoms. The predicted octanol–water partition coefficient (Wildman–Crippen LogP) is 4.63. The van der Waals surface area contributed by atoms with Crippen LogP contribution in [0.3, 0.4) is 0 Å². The third-order valence-corrected chi connectivity index (χ3v) is 5.31. The number of aromatic nitrogens is 2. The number of aryl methyl sites for hydroxylation is 2. The lowest BCUT2D eigenvalue weighted by atomic mass is 10.1. The zero-order valence-electron chi connectivity index (χ0n) is 14.5. The highest BCUT2D eigenvalue weighted by Crippen LogP contribution is 2.36. The SMILES string of the molecule is Cc1cc(C)cc(-n2nc3c(c2NC(=O)c2ccc(F)cc2)CSC3)c1. The van der Waals surface area contributed by atoms with E-state index in [0.29, 0.717) is 11.4 Å². The zero-order chi connectivity index (χ0) is 18.3. The fourth-order valence-electron chi connectivity index (χ4n) is 3.18. The highest BCUT2D eigenvalue weighted by molar-refractivity contribution is 7.98. The highest BCUT2D eigenvalue weighted by Gasteiger charge is 2.25. The summed E-state index contributed by atoms with van der Waals surface area (Å²) in [5.41, 5.74) is 5.69. The van der Waals surface area contributed by atoms with Crippen LogP contribution in [0.25, 0.3) is 5.69 Å². The van der Waals surface area contributed by atoms with Crippen LogP contribution in [0.5, 0.6) is 0 Å². The third-order valence-electron chi connectivity index (χ3n) is 4.34. The molecule has 1 aliphatic rings. The Morgan fingerprint density at radius 1 is 1.12 bits per heavy atom. The first-order chi connectivity index (χ1) is 12.5. The maximum absolute atomic E-state index is 13.1. The molecule has 0 saturated carbocycles. The molecule has 26 heavy (non-hydrogen) atoms. The Balaban J connectivity index is 1.75. The number of carbonyl (C=O) groups excluding carboxylic acids is 1. The van der Waals surface area contributed by atoms with E-state index in [0.717, 1.165) is 39.6 Å². The number of hydrogen-bond acceptors (Lipinski definition) is 3. The number of hydrogen-bond donors (Lipinski definition) is 1. The van der Waals surface area contributed by atoms with Crippen molar-refractivity contribution in [2.24, 2.45) is 0 Å². The fourth-order valence-corrected chi connectivity index (χ4v) is 4.22. The standard InChI is InChI=1S/C20H18FN3OS/c1-12-7-13(2)9-16(8-12)24-19(17-10-26-11-18(17)23-24)22-20(25)14-3-5-15(21)6-4-14/h3-9H,10-11H2,1-2H3,(H,22,25). The molecule has 0 atom stereocenters. The summed E-state index contributed by atoms with van der Waals surface area (Å²) in [7, 11) is 0. The van der Waals surface area contributed by atoms with E-state index >= 15 is 0 Å². The van der Waals surface area contributed by atoms with Gasteiger partial charge in [-0.05, 0) is 61.4 Å². The Kier molecular flexibility index (Phi) is 4.28. The van der Waals surface area contributed by atoms with Gasteiger partial charge in [0.05, 0.1) is 11.4 Å². The zero-order valence-corrected chi connectivity index (χ0v) is 15.4. The molecular weight excluding hydrogens is 349 g/mol. The van der Waals surface area contributed by atoms with Gasteiger partial charge in [0.25, 0.3) is 5.91 Å². The van der Waals surface area contributed by atoms with E-state index in [1.807, 2.05) is 18.5 Å². The molecule has 0 unspecified atom stereocenters. The molecule has 3 aromatic rings. The Bertz CT molecular complexity index is 975. The number of rotatable bonds is 3. The number of carbonyl (C=O) groups is 1. The lowest BCUT2D eigenvalue weighted by molar-refractivity contribution is 0.102. The van der Waals surface area contributed by atoms with Gasteiger partial charge in [0.1, 0.15) is 11.6 Å². The molecule has 0 fully saturated rings. The van der Waals surface area contributed by atoms with E-state index in [-0.39, 0.29) is 11.7 Å². The quantitative estimate of drug-likeness (QED) is 0.734. The van der Waals surface area contributed by atoms with Crippen LogP contribution in [0.1, 0.15) is 32.7 Å². The Morgan fingerprint density at radius 3 is 2.50 bits per heavy atom. The maximum Gasteiger partial charge on any atom is 0.256 e. The van der Waals surface area contributed by atoms with Gasteiger partial charge in [0.15, 0.2) is 0 Å². The second kappa shape index (κ2) is 6.61. The Hall–Kier alpha value is -2.60. The number of anilines is 1. The summed E-state index contributed by atoms with van der Waals surface area (Å²) in [6, 6.07) is 11.8. The van der Waals surface area contributed by atoms with Crippen molar-refractivity contribution in [1.29, 1.82) is 0 Å². The number of amides is 1. The molecule has 2 aromatic carbocycles. The number of halogens is 1. The van der Waals surface area contributed by atoms with Crippen LogP contribution in [0.2, 0.25) is 0 Å². The lowest BCUT2D eigenvalue weighted by Gasteiger charge is -2.12. The van der Waals surface area contributed by atoms with Gasteiger partial charge in [-0.15, -0.1) is 0 Å². The van der Waals surface area contributed by atoms with E-state index in [1.54, 1.807) is 11.8 Å². The highest BCUT2D eigenvalue weighted by atomic mass is 32.2. The van der Waals surface area contributed by atoms with Crippen LogP contribution in [0, 0.1) is 19.7 Å². The first-order valence-electron chi connectivity index (χ1n) is 8.35. The van der Waals surface area contributed by atoms with Crippen molar-refractivity contribution in [2.45, 2.75) is 25.4 Å². The molecule has 1 aliphatic heterocycles.